The molecule has 1 fully saturated rings. The van der Waals surface area contributed by atoms with E-state index in [0.717, 1.165) is 17.8 Å². The number of rotatable bonds is 2. The first-order chi connectivity index (χ1) is 6.40. The summed E-state index contributed by atoms with van der Waals surface area (Å²) < 4.78 is 5.51. The predicted octanol–water partition coefficient (Wildman–Crippen LogP) is 2.52. The van der Waals surface area contributed by atoms with Crippen molar-refractivity contribution in [3.63, 3.8) is 0 Å². The average Bonchev–Trinajstić information content (AvgIpc) is 2.74. The van der Waals surface area contributed by atoms with Crippen LogP contribution in [0.1, 0.15) is 6.42 Å². The topological polar surface area (TPSA) is 9.23 Å². The Labute approximate surface area is 78.8 Å². The summed E-state index contributed by atoms with van der Waals surface area (Å²) in [6.45, 7) is 3.63. The predicted molar refractivity (Wildman–Crippen MR) is 51.9 cm³/mol. The Balaban J connectivity index is 1.87. The third kappa shape index (κ3) is 0.874. The molecule has 68 valence electrons. The molecule has 0 saturated heterocycles. The van der Waals surface area contributed by atoms with Gasteiger partial charge in [-0.2, -0.15) is 0 Å². The zero-order valence-electron chi connectivity index (χ0n) is 7.60. The second-order valence-electron chi connectivity index (χ2n) is 4.26. The molecule has 0 N–H and O–H groups in total. The van der Waals surface area contributed by atoms with Crippen LogP contribution < -0.4 is 0 Å². The summed E-state index contributed by atoms with van der Waals surface area (Å²) in [5.74, 6) is 3.01. The van der Waals surface area contributed by atoms with Crippen LogP contribution >= 0.6 is 0 Å². The van der Waals surface area contributed by atoms with Crippen molar-refractivity contribution >= 4 is 0 Å². The number of hydrogen-bond donors (Lipinski definition) is 0. The lowest BCUT2D eigenvalue weighted by molar-refractivity contribution is 0.110. The van der Waals surface area contributed by atoms with E-state index in [1.807, 2.05) is 0 Å². The van der Waals surface area contributed by atoms with Crippen LogP contribution in [0.5, 0.6) is 0 Å². The molecule has 0 spiro atoms. The van der Waals surface area contributed by atoms with Crippen LogP contribution in [0.4, 0.5) is 0 Å². The molecular formula is C12H14O. The minimum absolute atomic E-state index is 0.294. The highest BCUT2D eigenvalue weighted by atomic mass is 16.5. The van der Waals surface area contributed by atoms with Crippen LogP contribution in [0.3, 0.4) is 0 Å². The van der Waals surface area contributed by atoms with Crippen LogP contribution in [0.15, 0.2) is 37.1 Å². The Bertz CT molecular complexity index is 289. The van der Waals surface area contributed by atoms with Gasteiger partial charge < -0.3 is 4.74 Å². The molecule has 0 aromatic carbocycles. The monoisotopic (exact) mass is 174 g/mol. The highest BCUT2D eigenvalue weighted by molar-refractivity contribution is 5.25. The molecule has 0 heterocycles. The maximum atomic E-state index is 5.51. The molecule has 5 atom stereocenters. The lowest BCUT2D eigenvalue weighted by Gasteiger charge is -2.25. The second kappa shape index (κ2) is 2.50. The maximum absolute atomic E-state index is 5.51. The lowest BCUT2D eigenvalue weighted by atomic mass is 9.84. The summed E-state index contributed by atoms with van der Waals surface area (Å²) in [4.78, 5) is 0. The zero-order chi connectivity index (χ0) is 8.84. The van der Waals surface area contributed by atoms with E-state index < -0.39 is 0 Å². The van der Waals surface area contributed by atoms with Gasteiger partial charge in [0.25, 0.3) is 0 Å². The normalized spacial score (nSPS) is 49.7. The van der Waals surface area contributed by atoms with Crippen LogP contribution in [0.2, 0.25) is 0 Å². The van der Waals surface area contributed by atoms with Crippen molar-refractivity contribution in [1.29, 1.82) is 0 Å². The van der Waals surface area contributed by atoms with Crippen molar-refractivity contribution in [3.8, 4) is 0 Å². The molecule has 0 unspecified atom stereocenters. The van der Waals surface area contributed by atoms with Gasteiger partial charge in [0.05, 0.1) is 6.26 Å². The molecule has 3 aliphatic carbocycles. The van der Waals surface area contributed by atoms with Gasteiger partial charge in [0.15, 0.2) is 0 Å². The third-order valence-electron chi connectivity index (χ3n) is 3.74. The summed E-state index contributed by atoms with van der Waals surface area (Å²) in [7, 11) is 0. The lowest BCUT2D eigenvalue weighted by Crippen LogP contribution is -2.25. The number of allylic oxidation sites excluding steroid dienone is 3. The third-order valence-corrected chi connectivity index (χ3v) is 3.74. The smallest absolute Gasteiger partial charge is 0.120 e. The van der Waals surface area contributed by atoms with Crippen molar-refractivity contribution in [1.82, 2.24) is 0 Å². The first-order valence-corrected chi connectivity index (χ1v) is 5.03. The van der Waals surface area contributed by atoms with Crippen molar-refractivity contribution in [2.24, 2.45) is 23.7 Å². The van der Waals surface area contributed by atoms with E-state index in [-0.39, 0.29) is 0 Å². The Morgan fingerprint density at radius 1 is 1.15 bits per heavy atom. The standard InChI is InChI=1S/C12H14O/c1-2-13-11-6-5-10-8-3-4-9(7-8)12(10)11/h2-6,8-12H,1,7H2/t8-,9+,10+,11+,12-/m0/s1. The van der Waals surface area contributed by atoms with Crippen molar-refractivity contribution < 1.29 is 4.74 Å². The Hall–Kier alpha value is -0.980. The van der Waals surface area contributed by atoms with Gasteiger partial charge in [-0.05, 0) is 30.3 Å². The summed E-state index contributed by atoms with van der Waals surface area (Å²) in [5.41, 5.74) is 0. The van der Waals surface area contributed by atoms with Gasteiger partial charge >= 0.3 is 0 Å². The number of hydrogen-bond acceptors (Lipinski definition) is 1. The summed E-state index contributed by atoms with van der Waals surface area (Å²) in [6, 6.07) is 0. The highest BCUT2D eigenvalue weighted by Crippen LogP contribution is 2.53. The molecular weight excluding hydrogens is 160 g/mol. The van der Waals surface area contributed by atoms with E-state index in [0.29, 0.717) is 12.0 Å². The zero-order valence-corrected chi connectivity index (χ0v) is 7.60. The van der Waals surface area contributed by atoms with Gasteiger partial charge in [-0.1, -0.05) is 24.8 Å². The van der Waals surface area contributed by atoms with Gasteiger partial charge in [-0.3, -0.25) is 0 Å². The molecule has 3 rings (SSSR count). The molecule has 0 amide bonds. The fraction of sp³-hybridized carbons (Fsp3) is 0.500. The van der Waals surface area contributed by atoms with Crippen LogP contribution in [0.25, 0.3) is 0 Å². The molecule has 1 nitrogen and oxygen atoms in total. The molecule has 13 heavy (non-hydrogen) atoms. The van der Waals surface area contributed by atoms with E-state index in [2.05, 4.69) is 30.9 Å². The molecule has 0 aliphatic heterocycles. The fourth-order valence-corrected chi connectivity index (χ4v) is 3.25. The molecule has 1 saturated carbocycles. The highest BCUT2D eigenvalue weighted by Gasteiger charge is 2.49. The quantitative estimate of drug-likeness (QED) is 0.461. The van der Waals surface area contributed by atoms with Gasteiger partial charge in [0.2, 0.25) is 0 Å². The van der Waals surface area contributed by atoms with Crippen molar-refractivity contribution in [2.75, 3.05) is 0 Å². The maximum Gasteiger partial charge on any atom is 0.120 e. The number of fused-ring (bicyclic) bond motifs is 5. The molecule has 0 radical (unpaired) electrons. The van der Waals surface area contributed by atoms with Gasteiger partial charge in [0, 0.05) is 5.92 Å². The Morgan fingerprint density at radius 2 is 2.00 bits per heavy atom. The van der Waals surface area contributed by atoms with E-state index >= 15 is 0 Å². The fourth-order valence-electron chi connectivity index (χ4n) is 3.25. The SMILES string of the molecule is C=CO[C@@H]1C=C[C@H]2[C@@H]1[C@@H]1C=C[C@H]2C1. The molecule has 1 heteroatoms. The summed E-state index contributed by atoms with van der Waals surface area (Å²) in [5, 5.41) is 0. The van der Waals surface area contributed by atoms with Gasteiger partial charge in [0.1, 0.15) is 6.10 Å². The van der Waals surface area contributed by atoms with E-state index in [1.54, 1.807) is 6.26 Å². The molecule has 0 aromatic rings. The van der Waals surface area contributed by atoms with Crippen molar-refractivity contribution in [2.45, 2.75) is 12.5 Å². The largest absolute Gasteiger partial charge is 0.494 e. The Morgan fingerprint density at radius 3 is 2.85 bits per heavy atom. The van der Waals surface area contributed by atoms with E-state index in [1.165, 1.54) is 6.42 Å². The van der Waals surface area contributed by atoms with Gasteiger partial charge in [-0.15, -0.1) is 0 Å². The van der Waals surface area contributed by atoms with Gasteiger partial charge in [-0.25, -0.2) is 0 Å². The minimum atomic E-state index is 0.294. The minimum Gasteiger partial charge on any atom is -0.494 e. The van der Waals surface area contributed by atoms with E-state index in [4.69, 9.17) is 4.74 Å². The molecule has 0 aromatic heterocycles. The second-order valence-corrected chi connectivity index (χ2v) is 4.26. The summed E-state index contributed by atoms with van der Waals surface area (Å²) >= 11 is 0. The Kier molecular flexibility index (Phi) is 1.43. The first kappa shape index (κ1) is 7.43. The number of ether oxygens (including phenoxy) is 1. The van der Waals surface area contributed by atoms with Crippen LogP contribution in [-0.2, 0) is 4.74 Å². The average molecular weight is 174 g/mol. The van der Waals surface area contributed by atoms with E-state index in [9.17, 15) is 0 Å². The molecule has 3 aliphatic rings. The molecule has 2 bridgehead atoms. The summed E-state index contributed by atoms with van der Waals surface area (Å²) in [6.07, 6.45) is 12.5. The van der Waals surface area contributed by atoms with Crippen LogP contribution in [0, 0.1) is 23.7 Å². The first-order valence-electron chi connectivity index (χ1n) is 5.03. The van der Waals surface area contributed by atoms with Crippen molar-refractivity contribution in [3.05, 3.63) is 37.1 Å². The van der Waals surface area contributed by atoms with Crippen LogP contribution in [-0.4, -0.2) is 6.10 Å².